The van der Waals surface area contributed by atoms with Crippen molar-refractivity contribution in [1.82, 2.24) is 4.90 Å². The van der Waals surface area contributed by atoms with Crippen LogP contribution in [0.5, 0.6) is 11.5 Å². The van der Waals surface area contributed by atoms with E-state index in [-0.39, 0.29) is 12.7 Å². The van der Waals surface area contributed by atoms with Gasteiger partial charge in [0.25, 0.3) is 0 Å². The lowest BCUT2D eigenvalue weighted by molar-refractivity contribution is -0.131. The molecule has 2 aliphatic rings. The second kappa shape index (κ2) is 6.90. The van der Waals surface area contributed by atoms with Gasteiger partial charge in [-0.1, -0.05) is 24.3 Å². The fraction of sp³-hybridized carbons (Fsp3) is 0.421. The van der Waals surface area contributed by atoms with Gasteiger partial charge in [0.2, 0.25) is 12.7 Å². The van der Waals surface area contributed by atoms with E-state index < -0.39 is 0 Å². The van der Waals surface area contributed by atoms with Gasteiger partial charge < -0.3 is 14.4 Å². The zero-order chi connectivity index (χ0) is 16.2. The number of allylic oxidation sites excluding steroid dienone is 2. The molecule has 23 heavy (non-hydrogen) atoms. The highest BCUT2D eigenvalue weighted by Crippen LogP contribution is 2.32. The Morgan fingerprint density at radius 2 is 1.87 bits per heavy atom. The molecule has 0 aromatic heterocycles. The van der Waals surface area contributed by atoms with Crippen LogP contribution < -0.4 is 9.47 Å². The Morgan fingerprint density at radius 1 is 1.13 bits per heavy atom. The van der Waals surface area contributed by atoms with Gasteiger partial charge in [-0.2, -0.15) is 0 Å². The molecule has 0 radical (unpaired) electrons. The molecule has 0 N–H and O–H groups in total. The van der Waals surface area contributed by atoms with Crippen molar-refractivity contribution in [3.63, 3.8) is 0 Å². The summed E-state index contributed by atoms with van der Waals surface area (Å²) in [4.78, 5) is 14.3. The van der Waals surface area contributed by atoms with Crippen molar-refractivity contribution in [2.45, 2.75) is 45.2 Å². The molecular weight excluding hydrogens is 290 g/mol. The molecule has 122 valence electrons. The van der Waals surface area contributed by atoms with Crippen LogP contribution in [0.15, 0.2) is 36.4 Å². The highest BCUT2D eigenvalue weighted by molar-refractivity contribution is 5.88. The second-order valence-electron chi connectivity index (χ2n) is 6.21. The van der Waals surface area contributed by atoms with Crippen LogP contribution in [0.2, 0.25) is 0 Å². The van der Waals surface area contributed by atoms with Crippen LogP contribution in [-0.2, 0) is 4.79 Å². The maximum atomic E-state index is 12.4. The predicted octanol–water partition coefficient (Wildman–Crippen LogP) is 3.77. The normalized spacial score (nSPS) is 23.8. The molecule has 1 saturated heterocycles. The molecule has 1 amide bonds. The van der Waals surface area contributed by atoms with Crippen molar-refractivity contribution in [2.75, 3.05) is 6.79 Å². The van der Waals surface area contributed by atoms with Crippen molar-refractivity contribution in [3.05, 3.63) is 42.0 Å². The zero-order valence-corrected chi connectivity index (χ0v) is 13.7. The SMILES string of the molecule is CC1CCCC(C)N1C(=O)/C=C/C=C/c1ccc2c(c1)OCO2. The standard InChI is InChI=1S/C19H23NO3/c1-14-6-5-7-15(2)20(14)19(21)9-4-3-8-16-10-11-17-18(12-16)23-13-22-17/h3-4,8-12,14-15H,5-7,13H2,1-2H3/b8-3+,9-4+. The maximum absolute atomic E-state index is 12.4. The summed E-state index contributed by atoms with van der Waals surface area (Å²) in [5.41, 5.74) is 1.02. The zero-order valence-electron chi connectivity index (χ0n) is 13.7. The quantitative estimate of drug-likeness (QED) is 0.630. The maximum Gasteiger partial charge on any atom is 0.247 e. The molecule has 0 spiro atoms. The first-order chi connectivity index (χ1) is 11.1. The van der Waals surface area contributed by atoms with E-state index in [1.165, 1.54) is 6.42 Å². The first-order valence-corrected chi connectivity index (χ1v) is 8.22. The Labute approximate surface area is 137 Å². The molecule has 2 aliphatic heterocycles. The summed E-state index contributed by atoms with van der Waals surface area (Å²) in [5.74, 6) is 1.64. The molecule has 4 heteroatoms. The van der Waals surface area contributed by atoms with Crippen LogP contribution in [0.25, 0.3) is 6.08 Å². The predicted molar refractivity (Wildman–Crippen MR) is 90.4 cm³/mol. The van der Waals surface area contributed by atoms with Crippen LogP contribution >= 0.6 is 0 Å². The van der Waals surface area contributed by atoms with E-state index in [1.54, 1.807) is 12.2 Å². The molecular formula is C19H23NO3. The number of carbonyl (C=O) groups is 1. The number of piperidine rings is 1. The fourth-order valence-electron chi connectivity index (χ4n) is 3.26. The van der Waals surface area contributed by atoms with Crippen LogP contribution in [0.3, 0.4) is 0 Å². The van der Waals surface area contributed by atoms with Gasteiger partial charge in [0.15, 0.2) is 11.5 Å². The minimum atomic E-state index is 0.0973. The molecule has 4 nitrogen and oxygen atoms in total. The number of nitrogens with zero attached hydrogens (tertiary/aromatic N) is 1. The van der Waals surface area contributed by atoms with Gasteiger partial charge in [-0.15, -0.1) is 0 Å². The van der Waals surface area contributed by atoms with E-state index in [0.29, 0.717) is 12.1 Å². The minimum absolute atomic E-state index is 0.0973. The summed E-state index contributed by atoms with van der Waals surface area (Å²) in [5, 5.41) is 0. The Morgan fingerprint density at radius 3 is 2.65 bits per heavy atom. The Kier molecular flexibility index (Phi) is 4.70. The summed E-state index contributed by atoms with van der Waals surface area (Å²) < 4.78 is 10.6. The third-order valence-electron chi connectivity index (χ3n) is 4.48. The van der Waals surface area contributed by atoms with Gasteiger partial charge in [-0.05, 0) is 50.8 Å². The number of hydrogen-bond acceptors (Lipinski definition) is 3. The number of rotatable bonds is 3. The number of fused-ring (bicyclic) bond motifs is 1. The first-order valence-electron chi connectivity index (χ1n) is 8.22. The number of likely N-dealkylation sites (tertiary alicyclic amines) is 1. The summed E-state index contributed by atoms with van der Waals surface area (Å²) >= 11 is 0. The fourth-order valence-corrected chi connectivity index (χ4v) is 3.26. The summed E-state index contributed by atoms with van der Waals surface area (Å²) in [6, 6.07) is 6.45. The second-order valence-corrected chi connectivity index (χ2v) is 6.21. The average molecular weight is 313 g/mol. The van der Waals surface area contributed by atoms with E-state index >= 15 is 0 Å². The van der Waals surface area contributed by atoms with E-state index in [0.717, 1.165) is 29.9 Å². The van der Waals surface area contributed by atoms with Crippen molar-refractivity contribution in [1.29, 1.82) is 0 Å². The smallest absolute Gasteiger partial charge is 0.247 e. The lowest BCUT2D eigenvalue weighted by Gasteiger charge is -2.38. The summed E-state index contributed by atoms with van der Waals surface area (Å²) in [7, 11) is 0. The summed E-state index contributed by atoms with van der Waals surface area (Å²) in [6.45, 7) is 4.54. The molecule has 2 unspecified atom stereocenters. The number of ether oxygens (including phenoxy) is 2. The number of carbonyl (C=O) groups excluding carboxylic acids is 1. The first kappa shape index (κ1) is 15.7. The van der Waals surface area contributed by atoms with Gasteiger partial charge in [-0.25, -0.2) is 0 Å². The van der Waals surface area contributed by atoms with Gasteiger partial charge in [0.05, 0.1) is 0 Å². The van der Waals surface area contributed by atoms with Gasteiger partial charge >= 0.3 is 0 Å². The molecule has 1 fully saturated rings. The lowest BCUT2D eigenvalue weighted by Crippen LogP contribution is -2.46. The average Bonchev–Trinajstić information content (AvgIpc) is 2.99. The monoisotopic (exact) mass is 313 g/mol. The van der Waals surface area contributed by atoms with Crippen LogP contribution in [-0.4, -0.2) is 29.7 Å². The Balaban J connectivity index is 1.60. The summed E-state index contributed by atoms with van der Waals surface area (Å²) in [6.07, 6.45) is 10.7. The van der Waals surface area contributed by atoms with Crippen LogP contribution in [0, 0.1) is 0 Å². The largest absolute Gasteiger partial charge is 0.454 e. The van der Waals surface area contributed by atoms with Crippen molar-refractivity contribution in [2.24, 2.45) is 0 Å². The highest BCUT2D eigenvalue weighted by atomic mass is 16.7. The molecule has 1 aromatic rings. The molecule has 2 atom stereocenters. The van der Waals surface area contributed by atoms with E-state index in [2.05, 4.69) is 13.8 Å². The molecule has 0 bridgehead atoms. The van der Waals surface area contributed by atoms with Crippen molar-refractivity contribution < 1.29 is 14.3 Å². The van der Waals surface area contributed by atoms with E-state index in [4.69, 9.17) is 9.47 Å². The Hall–Kier alpha value is -2.23. The van der Waals surface area contributed by atoms with Gasteiger partial charge in [-0.3, -0.25) is 4.79 Å². The van der Waals surface area contributed by atoms with Crippen LogP contribution in [0.4, 0.5) is 0 Å². The molecule has 1 aromatic carbocycles. The number of benzene rings is 1. The highest BCUT2D eigenvalue weighted by Gasteiger charge is 2.27. The van der Waals surface area contributed by atoms with Gasteiger partial charge in [0.1, 0.15) is 0 Å². The van der Waals surface area contributed by atoms with Gasteiger partial charge in [0, 0.05) is 18.2 Å². The Bertz CT molecular complexity index is 626. The van der Waals surface area contributed by atoms with E-state index in [9.17, 15) is 4.79 Å². The molecule has 0 saturated carbocycles. The topological polar surface area (TPSA) is 38.8 Å². The number of amides is 1. The molecule has 2 heterocycles. The number of hydrogen-bond donors (Lipinski definition) is 0. The lowest BCUT2D eigenvalue weighted by atomic mass is 9.97. The van der Waals surface area contributed by atoms with Crippen LogP contribution in [0.1, 0.15) is 38.7 Å². The molecule has 0 aliphatic carbocycles. The van der Waals surface area contributed by atoms with E-state index in [1.807, 2.05) is 35.3 Å². The third-order valence-corrected chi connectivity index (χ3v) is 4.48. The minimum Gasteiger partial charge on any atom is -0.454 e. The van der Waals surface area contributed by atoms with Crippen molar-refractivity contribution in [3.8, 4) is 11.5 Å². The molecule has 3 rings (SSSR count). The van der Waals surface area contributed by atoms with Crippen molar-refractivity contribution >= 4 is 12.0 Å². The third kappa shape index (κ3) is 3.58.